The number of alkyl halides is 2. The van der Waals surface area contributed by atoms with Crippen LogP contribution in [0.1, 0.15) is 52.5 Å². The van der Waals surface area contributed by atoms with Gasteiger partial charge in [-0.25, -0.2) is 0 Å². The summed E-state index contributed by atoms with van der Waals surface area (Å²) in [7, 11) is 0. The topological polar surface area (TPSA) is 43.4 Å². The third-order valence-electron chi connectivity index (χ3n) is 3.81. The summed E-state index contributed by atoms with van der Waals surface area (Å²) in [6.07, 6.45) is 4.13. The fourth-order valence-electron chi connectivity index (χ4n) is 2.50. The van der Waals surface area contributed by atoms with Crippen LogP contribution in [0.5, 0.6) is 5.75 Å². The Morgan fingerprint density at radius 2 is 1.64 bits per heavy atom. The second-order valence-corrected chi connectivity index (χ2v) is 5.72. The summed E-state index contributed by atoms with van der Waals surface area (Å²) in [6.45, 7) is -0.811. The lowest BCUT2D eigenvalue weighted by molar-refractivity contribution is -0.0498. The Bertz CT molecular complexity index is 724. The first-order chi connectivity index (χ1) is 12.0. The number of aryl methyl sites for hydroxylation is 1. The second kappa shape index (κ2) is 9.06. The Hall–Kier alpha value is -2.56. The first kappa shape index (κ1) is 18.8. The van der Waals surface area contributed by atoms with E-state index in [9.17, 15) is 18.4 Å². The highest BCUT2D eigenvalue weighted by Gasteiger charge is 2.19. The molecule has 0 N–H and O–H groups in total. The number of rotatable bonds is 9. The van der Waals surface area contributed by atoms with Crippen LogP contribution in [0.4, 0.5) is 8.78 Å². The van der Waals surface area contributed by atoms with Crippen molar-refractivity contribution in [3.63, 3.8) is 0 Å². The molecule has 0 unspecified atom stereocenters. The van der Waals surface area contributed by atoms with Crippen LogP contribution in [0.15, 0.2) is 48.5 Å². The van der Waals surface area contributed by atoms with Crippen LogP contribution in [-0.2, 0) is 6.42 Å². The van der Waals surface area contributed by atoms with Crippen molar-refractivity contribution in [1.82, 2.24) is 0 Å². The summed E-state index contributed by atoms with van der Waals surface area (Å²) < 4.78 is 28.5. The van der Waals surface area contributed by atoms with E-state index in [0.29, 0.717) is 5.56 Å². The van der Waals surface area contributed by atoms with Gasteiger partial charge in [0.1, 0.15) is 5.75 Å². The minimum absolute atomic E-state index is 0.0584. The van der Waals surface area contributed by atoms with Crippen LogP contribution in [0.25, 0.3) is 0 Å². The summed E-state index contributed by atoms with van der Waals surface area (Å²) in [5.41, 5.74) is 1.50. The monoisotopic (exact) mass is 346 g/mol. The lowest BCUT2D eigenvalue weighted by Crippen LogP contribution is -2.14. The van der Waals surface area contributed by atoms with Gasteiger partial charge in [0.15, 0.2) is 0 Å². The number of benzene rings is 2. The Morgan fingerprint density at radius 1 is 0.960 bits per heavy atom. The van der Waals surface area contributed by atoms with E-state index in [-0.39, 0.29) is 11.3 Å². The lowest BCUT2D eigenvalue weighted by atomic mass is 9.98. The van der Waals surface area contributed by atoms with Crippen molar-refractivity contribution in [3.05, 3.63) is 65.2 Å². The van der Waals surface area contributed by atoms with E-state index in [0.717, 1.165) is 31.2 Å². The van der Waals surface area contributed by atoms with E-state index in [1.54, 1.807) is 18.2 Å². The predicted octanol–water partition coefficient (Wildman–Crippen LogP) is 5.09. The van der Waals surface area contributed by atoms with Crippen LogP contribution in [0, 0.1) is 0 Å². The Kier molecular flexibility index (Phi) is 6.81. The van der Waals surface area contributed by atoms with Gasteiger partial charge in [-0.1, -0.05) is 38.0 Å². The van der Waals surface area contributed by atoms with Gasteiger partial charge in [-0.3, -0.25) is 9.59 Å². The van der Waals surface area contributed by atoms with Gasteiger partial charge < -0.3 is 4.74 Å². The summed E-state index contributed by atoms with van der Waals surface area (Å²) >= 11 is 0. The number of carbonyl (C=O) groups is 2. The quantitative estimate of drug-likeness (QED) is 0.361. The van der Waals surface area contributed by atoms with E-state index in [1.807, 2.05) is 6.07 Å². The molecule has 0 bridgehead atoms. The third-order valence-corrected chi connectivity index (χ3v) is 3.81. The Labute approximate surface area is 145 Å². The predicted molar refractivity (Wildman–Crippen MR) is 91.4 cm³/mol. The molecule has 0 aliphatic rings. The van der Waals surface area contributed by atoms with Crippen molar-refractivity contribution in [3.8, 4) is 5.75 Å². The van der Waals surface area contributed by atoms with Crippen LogP contribution < -0.4 is 4.74 Å². The normalized spacial score (nSPS) is 10.7. The molecule has 0 radical (unpaired) electrons. The van der Waals surface area contributed by atoms with Crippen molar-refractivity contribution in [2.24, 2.45) is 0 Å². The number of hydrogen-bond donors (Lipinski definition) is 0. The number of Topliss-reactive ketones (excluding diaryl/α,β-unsaturated/α-hetero) is 2. The van der Waals surface area contributed by atoms with Crippen molar-refractivity contribution < 1.29 is 23.1 Å². The molecular formula is C20H20F2O3. The van der Waals surface area contributed by atoms with E-state index in [2.05, 4.69) is 11.7 Å². The van der Waals surface area contributed by atoms with Crippen molar-refractivity contribution in [2.45, 2.75) is 39.2 Å². The van der Waals surface area contributed by atoms with Gasteiger partial charge in [-0.15, -0.1) is 0 Å². The zero-order valence-electron chi connectivity index (χ0n) is 14.0. The molecule has 0 saturated carbocycles. The summed E-state index contributed by atoms with van der Waals surface area (Å²) in [6, 6.07) is 12.2. The zero-order valence-corrected chi connectivity index (χ0v) is 14.0. The number of hydrogen-bond acceptors (Lipinski definition) is 3. The van der Waals surface area contributed by atoms with Crippen LogP contribution >= 0.6 is 0 Å². The molecular weight excluding hydrogens is 326 g/mol. The molecule has 0 saturated heterocycles. The first-order valence-corrected chi connectivity index (χ1v) is 8.24. The Morgan fingerprint density at radius 3 is 2.28 bits per heavy atom. The van der Waals surface area contributed by atoms with Gasteiger partial charge in [0.2, 0.25) is 11.6 Å². The van der Waals surface area contributed by atoms with Gasteiger partial charge in [-0.05, 0) is 48.7 Å². The maximum absolute atomic E-state index is 12.4. The summed E-state index contributed by atoms with van der Waals surface area (Å²) in [5.74, 6) is -1.34. The molecule has 0 amide bonds. The molecule has 25 heavy (non-hydrogen) atoms. The fourth-order valence-corrected chi connectivity index (χ4v) is 2.50. The van der Waals surface area contributed by atoms with E-state index >= 15 is 0 Å². The molecule has 2 aromatic carbocycles. The smallest absolute Gasteiger partial charge is 0.387 e. The van der Waals surface area contributed by atoms with Crippen LogP contribution in [0.2, 0.25) is 0 Å². The average molecular weight is 346 g/mol. The number of carbonyl (C=O) groups excluding carboxylic acids is 2. The molecule has 0 atom stereocenters. The minimum Gasteiger partial charge on any atom is -0.435 e. The first-order valence-electron chi connectivity index (χ1n) is 8.24. The highest BCUT2D eigenvalue weighted by Crippen LogP contribution is 2.17. The van der Waals surface area contributed by atoms with Crippen molar-refractivity contribution in [2.75, 3.05) is 0 Å². The van der Waals surface area contributed by atoms with E-state index in [1.165, 1.54) is 24.3 Å². The van der Waals surface area contributed by atoms with Crippen LogP contribution in [-0.4, -0.2) is 18.2 Å². The standard InChI is InChI=1S/C20H20F2O3/c1-2-3-4-6-14-7-5-8-16(13-14)19(24)18(23)15-9-11-17(12-10-15)25-20(21)22/h5,7-13,20H,2-4,6H2,1H3. The van der Waals surface area contributed by atoms with Gasteiger partial charge >= 0.3 is 6.61 Å². The molecule has 0 fully saturated rings. The molecule has 0 aliphatic heterocycles. The van der Waals surface area contributed by atoms with Gasteiger partial charge in [0, 0.05) is 11.1 Å². The van der Waals surface area contributed by atoms with Crippen LogP contribution in [0.3, 0.4) is 0 Å². The highest BCUT2D eigenvalue weighted by atomic mass is 19.3. The SMILES string of the molecule is CCCCCc1cccc(C(=O)C(=O)c2ccc(OC(F)F)cc2)c1. The fraction of sp³-hybridized carbons (Fsp3) is 0.300. The zero-order chi connectivity index (χ0) is 18.2. The molecule has 3 nitrogen and oxygen atoms in total. The summed E-state index contributed by atoms with van der Waals surface area (Å²) in [5, 5.41) is 0. The molecule has 132 valence electrons. The minimum atomic E-state index is -2.93. The maximum Gasteiger partial charge on any atom is 0.387 e. The van der Waals surface area contributed by atoms with E-state index < -0.39 is 18.2 Å². The highest BCUT2D eigenvalue weighted by molar-refractivity contribution is 6.49. The number of ketones is 2. The van der Waals surface area contributed by atoms with Gasteiger partial charge in [-0.2, -0.15) is 8.78 Å². The largest absolute Gasteiger partial charge is 0.435 e. The maximum atomic E-state index is 12.4. The molecule has 5 heteroatoms. The number of halogens is 2. The number of unbranched alkanes of at least 4 members (excludes halogenated alkanes) is 2. The molecule has 2 rings (SSSR count). The van der Waals surface area contributed by atoms with Crippen molar-refractivity contribution in [1.29, 1.82) is 0 Å². The second-order valence-electron chi connectivity index (χ2n) is 5.72. The lowest BCUT2D eigenvalue weighted by Gasteiger charge is -2.06. The summed E-state index contributed by atoms with van der Waals surface area (Å²) in [4.78, 5) is 24.7. The molecule has 0 spiro atoms. The Balaban J connectivity index is 2.09. The molecule has 0 aromatic heterocycles. The average Bonchev–Trinajstić information content (AvgIpc) is 2.61. The number of ether oxygens (including phenoxy) is 1. The van der Waals surface area contributed by atoms with E-state index in [4.69, 9.17) is 0 Å². The van der Waals surface area contributed by atoms with Gasteiger partial charge in [0.25, 0.3) is 0 Å². The third kappa shape index (κ3) is 5.48. The molecule has 0 aliphatic carbocycles. The van der Waals surface area contributed by atoms with Gasteiger partial charge in [0.05, 0.1) is 0 Å². The molecule has 0 heterocycles. The van der Waals surface area contributed by atoms with Crippen molar-refractivity contribution >= 4 is 11.6 Å². The molecule has 2 aromatic rings.